The summed E-state index contributed by atoms with van der Waals surface area (Å²) in [4.78, 5) is 18.7. The fourth-order valence-electron chi connectivity index (χ4n) is 3.08. The predicted octanol–water partition coefficient (Wildman–Crippen LogP) is 0.618. The van der Waals surface area contributed by atoms with Crippen LogP contribution in [-0.2, 0) is 9.53 Å². The van der Waals surface area contributed by atoms with Crippen LogP contribution in [0.25, 0.3) is 0 Å². The monoisotopic (exact) mass is 319 g/mol. The van der Waals surface area contributed by atoms with Gasteiger partial charge in [-0.3, -0.25) is 4.79 Å². The summed E-state index contributed by atoms with van der Waals surface area (Å²) in [5.74, 6) is 2.17. The highest BCUT2D eigenvalue weighted by atomic mass is 16.5. The van der Waals surface area contributed by atoms with E-state index in [9.17, 15) is 4.79 Å². The summed E-state index contributed by atoms with van der Waals surface area (Å²) >= 11 is 0. The van der Waals surface area contributed by atoms with Gasteiger partial charge in [0.25, 0.3) is 0 Å². The minimum atomic E-state index is 0.148. The van der Waals surface area contributed by atoms with E-state index in [1.165, 1.54) is 0 Å². The molecule has 1 aromatic rings. The molecule has 0 atom stereocenters. The molecule has 1 amide bonds. The number of piperazine rings is 1. The molecule has 23 heavy (non-hydrogen) atoms. The van der Waals surface area contributed by atoms with E-state index in [2.05, 4.69) is 15.1 Å². The summed E-state index contributed by atoms with van der Waals surface area (Å²) in [7, 11) is 3.90. The van der Waals surface area contributed by atoms with Gasteiger partial charge in [-0.2, -0.15) is 0 Å². The van der Waals surface area contributed by atoms with Crippen LogP contribution >= 0.6 is 0 Å². The summed E-state index contributed by atoms with van der Waals surface area (Å²) in [6, 6.07) is 3.97. The number of carbonyl (C=O) groups is 1. The minimum absolute atomic E-state index is 0.148. The number of ether oxygens (including phenoxy) is 1. The maximum atomic E-state index is 12.5. The maximum absolute atomic E-state index is 12.5. The molecule has 3 rings (SSSR count). The van der Waals surface area contributed by atoms with E-state index >= 15 is 0 Å². The Morgan fingerprint density at radius 3 is 2.39 bits per heavy atom. The highest BCUT2D eigenvalue weighted by Gasteiger charge is 2.29. The molecule has 2 fully saturated rings. The largest absolute Gasteiger partial charge is 0.381 e. The lowest BCUT2D eigenvalue weighted by molar-refractivity contribution is -0.138. The lowest BCUT2D eigenvalue weighted by Crippen LogP contribution is -2.51. The van der Waals surface area contributed by atoms with Crippen molar-refractivity contribution in [1.82, 2.24) is 15.1 Å². The molecule has 7 heteroatoms. The first-order chi connectivity index (χ1) is 11.1. The van der Waals surface area contributed by atoms with Crippen molar-refractivity contribution in [3.8, 4) is 0 Å². The van der Waals surface area contributed by atoms with E-state index in [1.54, 1.807) is 0 Å². The predicted molar refractivity (Wildman–Crippen MR) is 88.7 cm³/mol. The molecule has 2 aliphatic heterocycles. The standard InChI is InChI=1S/C16H25N5O2/c1-19(2)14-3-4-15(18-17-14)20-7-9-21(10-8-20)16(22)13-5-11-23-12-6-13/h3-4,13H,5-12H2,1-2H3. The van der Waals surface area contributed by atoms with Gasteiger partial charge in [0.05, 0.1) is 0 Å². The number of carbonyl (C=O) groups excluding carboxylic acids is 1. The highest BCUT2D eigenvalue weighted by molar-refractivity contribution is 5.79. The molecular formula is C16H25N5O2. The number of hydrogen-bond acceptors (Lipinski definition) is 6. The Balaban J connectivity index is 1.54. The van der Waals surface area contributed by atoms with Crippen LogP contribution in [-0.4, -0.2) is 74.5 Å². The van der Waals surface area contributed by atoms with Crippen LogP contribution in [0.1, 0.15) is 12.8 Å². The van der Waals surface area contributed by atoms with E-state index in [4.69, 9.17) is 4.74 Å². The molecule has 3 heterocycles. The lowest BCUT2D eigenvalue weighted by atomic mass is 9.98. The average Bonchev–Trinajstić information content (AvgIpc) is 2.62. The van der Waals surface area contributed by atoms with Crippen molar-refractivity contribution in [3.63, 3.8) is 0 Å². The summed E-state index contributed by atoms with van der Waals surface area (Å²) in [6.07, 6.45) is 1.72. The summed E-state index contributed by atoms with van der Waals surface area (Å²) in [6.45, 7) is 4.56. The van der Waals surface area contributed by atoms with Crippen molar-refractivity contribution < 1.29 is 9.53 Å². The Kier molecular flexibility index (Phi) is 4.95. The molecule has 0 spiro atoms. The molecule has 0 radical (unpaired) electrons. The first kappa shape index (κ1) is 16.0. The van der Waals surface area contributed by atoms with Crippen molar-refractivity contribution in [2.45, 2.75) is 12.8 Å². The van der Waals surface area contributed by atoms with Gasteiger partial charge in [0.2, 0.25) is 5.91 Å². The van der Waals surface area contributed by atoms with Gasteiger partial charge in [-0.25, -0.2) is 0 Å². The second-order valence-corrected chi connectivity index (χ2v) is 6.34. The molecule has 126 valence electrons. The number of nitrogens with zero attached hydrogens (tertiary/aromatic N) is 5. The molecule has 0 N–H and O–H groups in total. The van der Waals surface area contributed by atoms with Crippen LogP contribution < -0.4 is 9.80 Å². The molecule has 2 aliphatic rings. The van der Waals surface area contributed by atoms with Crippen LogP contribution in [0.2, 0.25) is 0 Å². The summed E-state index contributed by atoms with van der Waals surface area (Å²) < 4.78 is 5.34. The number of rotatable bonds is 3. The Morgan fingerprint density at radius 2 is 1.83 bits per heavy atom. The van der Waals surface area contributed by atoms with Crippen molar-refractivity contribution in [2.75, 3.05) is 63.3 Å². The maximum Gasteiger partial charge on any atom is 0.225 e. The zero-order valence-corrected chi connectivity index (χ0v) is 13.9. The molecule has 2 saturated heterocycles. The Morgan fingerprint density at radius 1 is 1.13 bits per heavy atom. The molecule has 0 aromatic carbocycles. The third kappa shape index (κ3) is 3.72. The lowest BCUT2D eigenvalue weighted by Gasteiger charge is -2.37. The second kappa shape index (κ2) is 7.12. The zero-order chi connectivity index (χ0) is 16.2. The molecule has 1 aromatic heterocycles. The Labute approximate surface area is 137 Å². The van der Waals surface area contributed by atoms with E-state index in [0.717, 1.165) is 50.7 Å². The molecule has 0 bridgehead atoms. The third-order valence-corrected chi connectivity index (χ3v) is 4.58. The van der Waals surface area contributed by atoms with Gasteiger partial charge < -0.3 is 19.4 Å². The topological polar surface area (TPSA) is 61.8 Å². The van der Waals surface area contributed by atoms with Gasteiger partial charge in [0.15, 0.2) is 11.6 Å². The molecular weight excluding hydrogens is 294 g/mol. The van der Waals surface area contributed by atoms with Crippen LogP contribution in [0.15, 0.2) is 12.1 Å². The van der Waals surface area contributed by atoms with Crippen molar-refractivity contribution in [3.05, 3.63) is 12.1 Å². The number of amides is 1. The van der Waals surface area contributed by atoms with E-state index < -0.39 is 0 Å². The van der Waals surface area contributed by atoms with Crippen LogP contribution in [0, 0.1) is 5.92 Å². The molecule has 7 nitrogen and oxygen atoms in total. The smallest absolute Gasteiger partial charge is 0.225 e. The van der Waals surface area contributed by atoms with Crippen molar-refractivity contribution >= 4 is 17.5 Å². The normalized spacial score (nSPS) is 19.7. The Bertz CT molecular complexity index is 520. The summed E-state index contributed by atoms with van der Waals surface area (Å²) in [5, 5.41) is 8.52. The second-order valence-electron chi connectivity index (χ2n) is 6.34. The van der Waals surface area contributed by atoms with Gasteiger partial charge >= 0.3 is 0 Å². The Hall–Kier alpha value is -1.89. The van der Waals surface area contributed by atoms with Gasteiger partial charge in [0, 0.05) is 59.4 Å². The first-order valence-corrected chi connectivity index (χ1v) is 8.27. The average molecular weight is 319 g/mol. The van der Waals surface area contributed by atoms with E-state index in [0.29, 0.717) is 19.1 Å². The zero-order valence-electron chi connectivity index (χ0n) is 13.9. The van der Waals surface area contributed by atoms with Gasteiger partial charge in [-0.05, 0) is 25.0 Å². The molecule has 0 unspecified atom stereocenters. The van der Waals surface area contributed by atoms with Crippen molar-refractivity contribution in [1.29, 1.82) is 0 Å². The van der Waals surface area contributed by atoms with Gasteiger partial charge in [0.1, 0.15) is 0 Å². The molecule has 0 saturated carbocycles. The van der Waals surface area contributed by atoms with Crippen LogP contribution in [0.3, 0.4) is 0 Å². The minimum Gasteiger partial charge on any atom is -0.381 e. The quantitative estimate of drug-likeness (QED) is 0.814. The first-order valence-electron chi connectivity index (χ1n) is 8.27. The molecule has 0 aliphatic carbocycles. The number of aromatic nitrogens is 2. The van der Waals surface area contributed by atoms with Gasteiger partial charge in [-0.1, -0.05) is 0 Å². The van der Waals surface area contributed by atoms with Gasteiger partial charge in [-0.15, -0.1) is 10.2 Å². The SMILES string of the molecule is CN(C)c1ccc(N2CCN(C(=O)C3CCOCC3)CC2)nn1. The number of anilines is 2. The fourth-order valence-corrected chi connectivity index (χ4v) is 3.08. The third-order valence-electron chi connectivity index (χ3n) is 4.58. The fraction of sp³-hybridized carbons (Fsp3) is 0.688. The summed E-state index contributed by atoms with van der Waals surface area (Å²) in [5.41, 5.74) is 0. The van der Waals surface area contributed by atoms with Crippen molar-refractivity contribution in [2.24, 2.45) is 5.92 Å². The highest BCUT2D eigenvalue weighted by Crippen LogP contribution is 2.20. The van der Waals surface area contributed by atoms with E-state index in [-0.39, 0.29) is 5.92 Å². The van der Waals surface area contributed by atoms with E-state index in [1.807, 2.05) is 36.0 Å². The van der Waals surface area contributed by atoms with Crippen LogP contribution in [0.4, 0.5) is 11.6 Å². The number of hydrogen-bond donors (Lipinski definition) is 0. The van der Waals surface area contributed by atoms with Crippen LogP contribution in [0.5, 0.6) is 0 Å².